The summed E-state index contributed by atoms with van der Waals surface area (Å²) >= 11 is 0. The number of benzene rings is 1. The number of likely N-dealkylation sites (tertiary alicyclic amines) is 1. The van der Waals surface area contributed by atoms with E-state index in [0.717, 1.165) is 38.2 Å². The van der Waals surface area contributed by atoms with Gasteiger partial charge in [0.25, 0.3) is 5.91 Å². The van der Waals surface area contributed by atoms with Crippen LogP contribution in [0.25, 0.3) is 0 Å². The van der Waals surface area contributed by atoms with E-state index in [1.807, 2.05) is 25.1 Å². The first-order valence-corrected chi connectivity index (χ1v) is 7.21. The van der Waals surface area contributed by atoms with Crippen LogP contribution in [0.15, 0.2) is 18.2 Å². The Balaban J connectivity index is 1.92. The summed E-state index contributed by atoms with van der Waals surface area (Å²) in [6.07, 6.45) is 1.16. The van der Waals surface area contributed by atoms with E-state index in [2.05, 4.69) is 22.6 Å². The Morgan fingerprint density at radius 1 is 1.50 bits per heavy atom. The lowest BCUT2D eigenvalue weighted by Gasteiger charge is -2.15. The number of nitrogens with zero attached hydrogens (tertiary/aromatic N) is 1. The molecule has 1 saturated heterocycles. The SMILES string of the molecule is CCN1CCC(CNC(=O)c2ccc(C)cc2NN)C1. The second kappa shape index (κ2) is 6.72. The van der Waals surface area contributed by atoms with Gasteiger partial charge in [-0.2, -0.15) is 0 Å². The molecular weight excluding hydrogens is 252 g/mol. The molecule has 1 aliphatic rings. The van der Waals surface area contributed by atoms with Gasteiger partial charge in [0.1, 0.15) is 0 Å². The Labute approximate surface area is 120 Å². The molecule has 0 bridgehead atoms. The number of carbonyl (C=O) groups is 1. The van der Waals surface area contributed by atoms with Crippen molar-refractivity contribution >= 4 is 11.6 Å². The number of carbonyl (C=O) groups excluding carboxylic acids is 1. The molecule has 20 heavy (non-hydrogen) atoms. The van der Waals surface area contributed by atoms with Crippen molar-refractivity contribution in [2.45, 2.75) is 20.3 Å². The van der Waals surface area contributed by atoms with Crippen molar-refractivity contribution in [3.63, 3.8) is 0 Å². The molecule has 1 aromatic carbocycles. The number of amides is 1. The van der Waals surface area contributed by atoms with Gasteiger partial charge >= 0.3 is 0 Å². The number of aryl methyl sites for hydroxylation is 1. The second-order valence-electron chi connectivity index (χ2n) is 5.45. The lowest BCUT2D eigenvalue weighted by molar-refractivity contribution is 0.0948. The van der Waals surface area contributed by atoms with Gasteiger partial charge in [-0.3, -0.25) is 10.6 Å². The number of nitrogens with two attached hydrogens (primary N) is 1. The third-order valence-corrected chi connectivity index (χ3v) is 3.94. The van der Waals surface area contributed by atoms with Crippen LogP contribution < -0.4 is 16.6 Å². The average Bonchev–Trinajstić information content (AvgIpc) is 2.92. The summed E-state index contributed by atoms with van der Waals surface area (Å²) in [6, 6.07) is 5.61. The van der Waals surface area contributed by atoms with E-state index in [4.69, 9.17) is 5.84 Å². The standard InChI is InChI=1S/C15H24N4O/c1-3-19-7-6-12(10-19)9-17-15(20)13-5-4-11(2)8-14(13)18-16/h4-5,8,12,18H,3,6-7,9-10,16H2,1-2H3,(H,17,20). The lowest BCUT2D eigenvalue weighted by atomic mass is 10.1. The van der Waals surface area contributed by atoms with Crippen molar-refractivity contribution in [3.05, 3.63) is 29.3 Å². The Bertz CT molecular complexity index is 475. The molecule has 4 N–H and O–H groups in total. The Morgan fingerprint density at radius 2 is 2.30 bits per heavy atom. The molecule has 1 aliphatic heterocycles. The zero-order chi connectivity index (χ0) is 14.5. The summed E-state index contributed by atoms with van der Waals surface area (Å²) in [5.41, 5.74) is 4.94. The minimum Gasteiger partial charge on any atom is -0.352 e. The molecule has 0 aromatic heterocycles. The zero-order valence-electron chi connectivity index (χ0n) is 12.3. The van der Waals surface area contributed by atoms with Gasteiger partial charge in [0.05, 0.1) is 11.3 Å². The molecule has 5 nitrogen and oxygen atoms in total. The molecule has 0 radical (unpaired) electrons. The summed E-state index contributed by atoms with van der Waals surface area (Å²) in [5, 5.41) is 3.02. The summed E-state index contributed by atoms with van der Waals surface area (Å²) in [6.45, 7) is 8.17. The van der Waals surface area contributed by atoms with Crippen LogP contribution in [0.5, 0.6) is 0 Å². The number of hydrazine groups is 1. The molecule has 1 aromatic rings. The summed E-state index contributed by atoms with van der Waals surface area (Å²) in [5.74, 6) is 5.97. The van der Waals surface area contributed by atoms with Crippen LogP contribution in [-0.4, -0.2) is 37.0 Å². The fourth-order valence-electron chi connectivity index (χ4n) is 2.67. The third-order valence-electron chi connectivity index (χ3n) is 3.94. The fourth-order valence-corrected chi connectivity index (χ4v) is 2.67. The molecule has 2 rings (SSSR count). The van der Waals surface area contributed by atoms with Crippen molar-refractivity contribution in [1.29, 1.82) is 0 Å². The van der Waals surface area contributed by atoms with Crippen LogP contribution in [0.2, 0.25) is 0 Å². The fraction of sp³-hybridized carbons (Fsp3) is 0.533. The summed E-state index contributed by atoms with van der Waals surface area (Å²) < 4.78 is 0. The molecule has 0 saturated carbocycles. The van der Waals surface area contributed by atoms with Crippen LogP contribution in [0.3, 0.4) is 0 Å². The number of hydrogen-bond donors (Lipinski definition) is 3. The van der Waals surface area contributed by atoms with Gasteiger partial charge in [0.15, 0.2) is 0 Å². The highest BCUT2D eigenvalue weighted by Gasteiger charge is 2.22. The topological polar surface area (TPSA) is 70.4 Å². The van der Waals surface area contributed by atoms with Crippen LogP contribution >= 0.6 is 0 Å². The van der Waals surface area contributed by atoms with Gasteiger partial charge < -0.3 is 15.6 Å². The molecule has 1 fully saturated rings. The van der Waals surface area contributed by atoms with E-state index in [-0.39, 0.29) is 5.91 Å². The molecular formula is C15H24N4O. The monoisotopic (exact) mass is 276 g/mol. The van der Waals surface area contributed by atoms with Crippen LogP contribution in [0, 0.1) is 12.8 Å². The van der Waals surface area contributed by atoms with Crippen molar-refractivity contribution in [1.82, 2.24) is 10.2 Å². The normalized spacial score (nSPS) is 19.1. The van der Waals surface area contributed by atoms with E-state index in [1.54, 1.807) is 0 Å². The van der Waals surface area contributed by atoms with Crippen LogP contribution in [0.1, 0.15) is 29.3 Å². The van der Waals surface area contributed by atoms with Gasteiger partial charge in [0.2, 0.25) is 0 Å². The van der Waals surface area contributed by atoms with Crippen molar-refractivity contribution in [3.8, 4) is 0 Å². The molecule has 1 heterocycles. The van der Waals surface area contributed by atoms with Gasteiger partial charge in [0, 0.05) is 13.1 Å². The Morgan fingerprint density at radius 3 is 2.95 bits per heavy atom. The first kappa shape index (κ1) is 14.8. The zero-order valence-corrected chi connectivity index (χ0v) is 12.3. The number of nitrogen functional groups attached to an aromatic ring is 1. The largest absolute Gasteiger partial charge is 0.352 e. The number of rotatable bonds is 5. The molecule has 1 unspecified atom stereocenters. The Kier molecular flexibility index (Phi) is 4.98. The summed E-state index contributed by atoms with van der Waals surface area (Å²) in [4.78, 5) is 14.6. The van der Waals surface area contributed by atoms with Gasteiger partial charge in [-0.1, -0.05) is 13.0 Å². The predicted molar refractivity (Wildman–Crippen MR) is 81.5 cm³/mol. The molecule has 1 amide bonds. The lowest BCUT2D eigenvalue weighted by Crippen LogP contribution is -2.31. The smallest absolute Gasteiger partial charge is 0.253 e. The molecule has 1 atom stereocenters. The first-order valence-electron chi connectivity index (χ1n) is 7.21. The third kappa shape index (κ3) is 3.49. The number of hydrogen-bond acceptors (Lipinski definition) is 4. The maximum Gasteiger partial charge on any atom is 0.253 e. The minimum absolute atomic E-state index is 0.0621. The first-order chi connectivity index (χ1) is 9.63. The van der Waals surface area contributed by atoms with Crippen molar-refractivity contribution in [2.24, 2.45) is 11.8 Å². The van der Waals surface area contributed by atoms with Crippen LogP contribution in [-0.2, 0) is 0 Å². The molecule has 5 heteroatoms. The average molecular weight is 276 g/mol. The minimum atomic E-state index is -0.0621. The number of nitrogens with one attached hydrogen (secondary N) is 2. The highest BCUT2D eigenvalue weighted by atomic mass is 16.1. The van der Waals surface area contributed by atoms with Crippen LogP contribution in [0.4, 0.5) is 5.69 Å². The van der Waals surface area contributed by atoms with Crippen molar-refractivity contribution in [2.75, 3.05) is 31.6 Å². The van der Waals surface area contributed by atoms with Gasteiger partial charge in [-0.05, 0) is 50.0 Å². The van der Waals surface area contributed by atoms with E-state index < -0.39 is 0 Å². The van der Waals surface area contributed by atoms with E-state index in [0.29, 0.717) is 17.2 Å². The number of anilines is 1. The maximum absolute atomic E-state index is 12.2. The molecule has 0 aliphatic carbocycles. The summed E-state index contributed by atoms with van der Waals surface area (Å²) in [7, 11) is 0. The predicted octanol–water partition coefficient (Wildman–Crippen LogP) is 1.35. The van der Waals surface area contributed by atoms with Crippen molar-refractivity contribution < 1.29 is 4.79 Å². The quantitative estimate of drug-likeness (QED) is 0.561. The highest BCUT2D eigenvalue weighted by Crippen LogP contribution is 2.18. The Hall–Kier alpha value is -1.59. The highest BCUT2D eigenvalue weighted by molar-refractivity contribution is 5.99. The molecule has 110 valence electrons. The van der Waals surface area contributed by atoms with Gasteiger partial charge in [-0.25, -0.2) is 0 Å². The van der Waals surface area contributed by atoms with E-state index >= 15 is 0 Å². The van der Waals surface area contributed by atoms with E-state index in [9.17, 15) is 4.79 Å². The molecule has 0 spiro atoms. The van der Waals surface area contributed by atoms with Gasteiger partial charge in [-0.15, -0.1) is 0 Å². The second-order valence-corrected chi connectivity index (χ2v) is 5.45. The maximum atomic E-state index is 12.2. The van der Waals surface area contributed by atoms with E-state index in [1.165, 1.54) is 0 Å².